The second-order valence-corrected chi connectivity index (χ2v) is 6.88. The molecule has 1 aliphatic heterocycles. The van der Waals surface area contributed by atoms with E-state index in [1.54, 1.807) is 0 Å². The highest BCUT2D eigenvalue weighted by atomic mass is 35.5. The summed E-state index contributed by atoms with van der Waals surface area (Å²) in [7, 11) is 0. The number of nitrogens with two attached hydrogens (primary N) is 1. The number of hydrogen-bond donors (Lipinski definition) is 2. The Morgan fingerprint density at radius 2 is 1.70 bits per heavy atom. The van der Waals surface area contributed by atoms with E-state index in [1.807, 2.05) is 30.3 Å². The molecule has 2 aromatic carbocycles. The highest BCUT2D eigenvalue weighted by Gasteiger charge is 2.21. The van der Waals surface area contributed by atoms with Crippen molar-refractivity contribution < 1.29 is 4.79 Å². The molecule has 2 atom stereocenters. The van der Waals surface area contributed by atoms with Gasteiger partial charge in [-0.25, -0.2) is 0 Å². The molecule has 0 spiro atoms. The van der Waals surface area contributed by atoms with Gasteiger partial charge in [-0.15, -0.1) is 24.8 Å². The summed E-state index contributed by atoms with van der Waals surface area (Å²) in [6.45, 7) is 4.77. The first-order valence-corrected chi connectivity index (χ1v) is 9.01. The number of carbonyl (C=O) groups is 1. The van der Waals surface area contributed by atoms with Crippen molar-refractivity contribution >= 4 is 30.7 Å². The molecule has 27 heavy (non-hydrogen) atoms. The van der Waals surface area contributed by atoms with E-state index in [0.717, 1.165) is 25.1 Å². The van der Waals surface area contributed by atoms with Gasteiger partial charge in [-0.05, 0) is 36.5 Å². The fourth-order valence-corrected chi connectivity index (χ4v) is 3.36. The van der Waals surface area contributed by atoms with Crippen LogP contribution in [0, 0.1) is 0 Å². The molecule has 2 aromatic rings. The molecule has 0 saturated carbocycles. The zero-order chi connectivity index (χ0) is 17.6. The highest BCUT2D eigenvalue weighted by molar-refractivity contribution is 5.85. The van der Waals surface area contributed by atoms with Crippen LogP contribution in [0.3, 0.4) is 0 Å². The maximum Gasteiger partial charge on any atom is 0.237 e. The minimum atomic E-state index is -0.503. The zero-order valence-corrected chi connectivity index (χ0v) is 17.3. The molecule has 148 valence electrons. The van der Waals surface area contributed by atoms with E-state index in [1.165, 1.54) is 11.1 Å². The van der Waals surface area contributed by atoms with Gasteiger partial charge in [0.2, 0.25) is 5.91 Å². The third kappa shape index (κ3) is 6.51. The van der Waals surface area contributed by atoms with Gasteiger partial charge in [-0.1, -0.05) is 54.6 Å². The van der Waals surface area contributed by atoms with Gasteiger partial charge in [0.25, 0.3) is 0 Å². The van der Waals surface area contributed by atoms with Crippen molar-refractivity contribution in [1.29, 1.82) is 0 Å². The standard InChI is InChI=1S/C21H27N3O.2ClH/c1-16(24-12-11-18-9-5-6-10-19(18)15-24)14-23-21(25)20(22)13-17-7-3-2-4-8-17;;/h2-10,16,20H,11-15,22H2,1H3,(H,23,25);2*1H. The first-order valence-electron chi connectivity index (χ1n) is 9.01. The number of amides is 1. The van der Waals surface area contributed by atoms with E-state index >= 15 is 0 Å². The second kappa shape index (κ2) is 11.3. The lowest BCUT2D eigenvalue weighted by Gasteiger charge is -2.34. The van der Waals surface area contributed by atoms with Gasteiger partial charge in [0.05, 0.1) is 6.04 Å². The molecule has 4 nitrogen and oxygen atoms in total. The van der Waals surface area contributed by atoms with Crippen molar-refractivity contribution in [2.75, 3.05) is 13.1 Å². The molecule has 2 unspecified atom stereocenters. The molecule has 0 aromatic heterocycles. The maximum atomic E-state index is 12.3. The number of benzene rings is 2. The summed E-state index contributed by atoms with van der Waals surface area (Å²) >= 11 is 0. The molecule has 0 bridgehead atoms. The Morgan fingerprint density at radius 3 is 2.41 bits per heavy atom. The smallest absolute Gasteiger partial charge is 0.237 e. The fourth-order valence-electron chi connectivity index (χ4n) is 3.36. The van der Waals surface area contributed by atoms with Crippen molar-refractivity contribution in [3.63, 3.8) is 0 Å². The minimum absolute atomic E-state index is 0. The largest absolute Gasteiger partial charge is 0.353 e. The van der Waals surface area contributed by atoms with E-state index in [4.69, 9.17) is 5.73 Å². The molecular formula is C21H29Cl2N3O. The Morgan fingerprint density at radius 1 is 1.07 bits per heavy atom. The van der Waals surface area contributed by atoms with Crippen LogP contribution in [-0.2, 0) is 24.2 Å². The van der Waals surface area contributed by atoms with Crippen molar-refractivity contribution in [2.24, 2.45) is 5.73 Å². The Bertz CT molecular complexity index is 712. The van der Waals surface area contributed by atoms with Crippen LogP contribution in [-0.4, -0.2) is 36.0 Å². The normalized spacial score (nSPS) is 15.5. The molecular weight excluding hydrogens is 381 g/mol. The second-order valence-electron chi connectivity index (χ2n) is 6.88. The van der Waals surface area contributed by atoms with E-state index < -0.39 is 6.04 Å². The molecule has 3 rings (SSSR count). The number of hydrogen-bond acceptors (Lipinski definition) is 3. The van der Waals surface area contributed by atoms with E-state index in [-0.39, 0.29) is 30.7 Å². The number of rotatable bonds is 6. The van der Waals surface area contributed by atoms with Crippen molar-refractivity contribution in [3.05, 3.63) is 71.3 Å². The Kier molecular flexibility index (Phi) is 9.81. The summed E-state index contributed by atoms with van der Waals surface area (Å²) in [5, 5.41) is 3.02. The molecule has 0 radical (unpaired) electrons. The Hall–Kier alpha value is -1.59. The minimum Gasteiger partial charge on any atom is -0.353 e. The van der Waals surface area contributed by atoms with E-state index in [9.17, 15) is 4.79 Å². The summed E-state index contributed by atoms with van der Waals surface area (Å²) in [5.41, 5.74) is 9.98. The summed E-state index contributed by atoms with van der Waals surface area (Å²) in [6.07, 6.45) is 1.64. The number of halogens is 2. The van der Waals surface area contributed by atoms with E-state index in [2.05, 4.69) is 41.4 Å². The predicted molar refractivity (Wildman–Crippen MR) is 116 cm³/mol. The molecule has 6 heteroatoms. The predicted octanol–water partition coefficient (Wildman–Crippen LogP) is 2.96. The lowest BCUT2D eigenvalue weighted by atomic mass is 9.99. The van der Waals surface area contributed by atoms with Crippen LogP contribution in [0.25, 0.3) is 0 Å². The summed E-state index contributed by atoms with van der Waals surface area (Å²) < 4.78 is 0. The van der Waals surface area contributed by atoms with Crippen molar-refractivity contribution in [3.8, 4) is 0 Å². The molecule has 1 aliphatic rings. The third-order valence-corrected chi connectivity index (χ3v) is 4.99. The molecule has 0 saturated heterocycles. The summed E-state index contributed by atoms with van der Waals surface area (Å²) in [4.78, 5) is 14.7. The average Bonchev–Trinajstić information content (AvgIpc) is 2.66. The molecule has 3 N–H and O–H groups in total. The lowest BCUT2D eigenvalue weighted by Crippen LogP contribution is -2.48. The molecule has 0 fully saturated rings. The topological polar surface area (TPSA) is 58.4 Å². The van der Waals surface area contributed by atoms with Crippen LogP contribution in [0.5, 0.6) is 0 Å². The Labute approximate surface area is 174 Å². The lowest BCUT2D eigenvalue weighted by molar-refractivity contribution is -0.122. The number of nitrogens with one attached hydrogen (secondary N) is 1. The fraction of sp³-hybridized carbons (Fsp3) is 0.381. The van der Waals surface area contributed by atoms with Crippen LogP contribution in [0.2, 0.25) is 0 Å². The van der Waals surface area contributed by atoms with Gasteiger partial charge in [0, 0.05) is 25.7 Å². The summed E-state index contributed by atoms with van der Waals surface area (Å²) in [6, 6.07) is 18.3. The van der Waals surface area contributed by atoms with Gasteiger partial charge in [-0.2, -0.15) is 0 Å². The van der Waals surface area contributed by atoms with Gasteiger partial charge >= 0.3 is 0 Å². The van der Waals surface area contributed by atoms with Gasteiger partial charge in [0.15, 0.2) is 0 Å². The van der Waals surface area contributed by atoms with Crippen LogP contribution >= 0.6 is 24.8 Å². The van der Waals surface area contributed by atoms with Crippen LogP contribution in [0.15, 0.2) is 54.6 Å². The van der Waals surface area contributed by atoms with Crippen LogP contribution in [0.4, 0.5) is 0 Å². The molecule has 1 heterocycles. The quantitative estimate of drug-likeness (QED) is 0.770. The van der Waals surface area contributed by atoms with E-state index in [0.29, 0.717) is 19.0 Å². The maximum absolute atomic E-state index is 12.3. The highest BCUT2D eigenvalue weighted by Crippen LogP contribution is 2.19. The monoisotopic (exact) mass is 409 g/mol. The van der Waals surface area contributed by atoms with Crippen LogP contribution < -0.4 is 11.1 Å². The average molecular weight is 410 g/mol. The zero-order valence-electron chi connectivity index (χ0n) is 15.6. The molecule has 1 amide bonds. The van der Waals surface area contributed by atoms with Crippen LogP contribution in [0.1, 0.15) is 23.6 Å². The Balaban J connectivity index is 0.00000182. The first-order chi connectivity index (χ1) is 12.1. The van der Waals surface area contributed by atoms with Gasteiger partial charge in [-0.3, -0.25) is 9.69 Å². The molecule has 0 aliphatic carbocycles. The van der Waals surface area contributed by atoms with Crippen molar-refractivity contribution in [2.45, 2.75) is 38.4 Å². The summed E-state index contributed by atoms with van der Waals surface area (Å²) in [5.74, 6) is -0.0758. The number of fused-ring (bicyclic) bond motifs is 1. The first kappa shape index (κ1) is 23.4. The third-order valence-electron chi connectivity index (χ3n) is 4.99. The van der Waals surface area contributed by atoms with Gasteiger partial charge in [0.1, 0.15) is 0 Å². The number of nitrogens with zero attached hydrogens (tertiary/aromatic N) is 1. The van der Waals surface area contributed by atoms with Crippen molar-refractivity contribution in [1.82, 2.24) is 10.2 Å². The number of carbonyl (C=O) groups excluding carboxylic acids is 1. The van der Waals surface area contributed by atoms with Gasteiger partial charge < -0.3 is 11.1 Å². The SMILES string of the molecule is CC(CNC(=O)C(N)Cc1ccccc1)N1CCc2ccccc2C1.Cl.Cl.